The summed E-state index contributed by atoms with van der Waals surface area (Å²) in [5, 5.41) is 34.7. The summed E-state index contributed by atoms with van der Waals surface area (Å²) in [5.41, 5.74) is 1.72. The Labute approximate surface area is 195 Å². The van der Waals surface area contributed by atoms with Gasteiger partial charge in [-0.2, -0.15) is 24.2 Å². The van der Waals surface area contributed by atoms with Crippen molar-refractivity contribution in [2.45, 2.75) is 24.7 Å². The molecule has 0 saturated carbocycles. The van der Waals surface area contributed by atoms with Crippen LogP contribution in [-0.4, -0.2) is 58.1 Å². The average Bonchev–Trinajstić information content (AvgIpc) is 3.24. The highest BCUT2D eigenvalue weighted by Crippen LogP contribution is 2.66. The average molecular weight is 554 g/mol. The summed E-state index contributed by atoms with van der Waals surface area (Å²) < 4.78 is 52.7. The Kier molecular flexibility index (Phi) is 7.02. The van der Waals surface area contributed by atoms with E-state index in [9.17, 15) is 39.1 Å². The summed E-state index contributed by atoms with van der Waals surface area (Å²) in [4.78, 5) is 39.8. The van der Waals surface area contributed by atoms with Crippen LogP contribution < -0.4 is 5.73 Å². The van der Waals surface area contributed by atoms with Gasteiger partial charge in [0, 0.05) is 0 Å². The molecular weight excluding hydrogens is 537 g/mol. The normalized spacial score (nSPS) is 30.3. The summed E-state index contributed by atoms with van der Waals surface area (Å²) >= 11 is 0. The van der Waals surface area contributed by atoms with E-state index in [0.29, 0.717) is 0 Å². The molecule has 2 aromatic heterocycles. The highest BCUT2D eigenvalue weighted by molar-refractivity contribution is 7.66. The van der Waals surface area contributed by atoms with Gasteiger partial charge < -0.3 is 35.2 Å². The third-order valence-electron chi connectivity index (χ3n) is 5.05. The molecule has 21 heteroatoms. The standard InChI is InChI=1S/C14H17N6O12P3/c1-13(5-15)11(21)9(4-29-34(25,26)32-35(27,28)31-33(22,23)24)30-14(13,6-16)10-3-2-8-12(17)18-7-19-20(8)10/h2-3,7,9,11,21H,4H2,1H3,(H,25,26)(H,27,28)(H2,17,18,19)(H2,22,23,24)/t9-,11-,13?,14+/m1/s1. The van der Waals surface area contributed by atoms with Crippen molar-refractivity contribution < 1.29 is 56.3 Å². The molecule has 6 atom stereocenters. The second-order valence-electron chi connectivity index (χ2n) is 7.26. The third kappa shape index (κ3) is 5.02. The molecule has 3 heterocycles. The fraction of sp³-hybridized carbons (Fsp3) is 0.429. The van der Waals surface area contributed by atoms with Crippen molar-refractivity contribution in [3.8, 4) is 12.1 Å². The number of nitrogens with zero attached hydrogens (tertiary/aromatic N) is 5. The summed E-state index contributed by atoms with van der Waals surface area (Å²) in [6, 6.07) is 6.39. The number of hydrogen-bond acceptors (Lipinski definition) is 13. The summed E-state index contributed by atoms with van der Waals surface area (Å²) in [6.07, 6.45) is -2.45. The molecule has 1 aliphatic heterocycles. The number of nitrogen functional groups attached to an aromatic ring is 1. The monoisotopic (exact) mass is 554 g/mol. The van der Waals surface area contributed by atoms with Gasteiger partial charge in [0.05, 0.1) is 18.4 Å². The molecular formula is C14H17N6O12P3. The predicted octanol–water partition coefficient (Wildman–Crippen LogP) is -0.337. The SMILES string of the molecule is CC1(C#N)[C@H](O)[C@@H](COP(=O)(O)OP(=O)(O)OP(=O)(O)O)O[C@@]1(C#N)c1ccc2c(N)ncnn12. The van der Waals surface area contributed by atoms with Gasteiger partial charge in [0.1, 0.15) is 35.5 Å². The van der Waals surface area contributed by atoms with Crippen molar-refractivity contribution in [2.24, 2.45) is 5.41 Å². The van der Waals surface area contributed by atoms with E-state index in [-0.39, 0.29) is 17.0 Å². The van der Waals surface area contributed by atoms with Gasteiger partial charge in [-0.25, -0.2) is 23.2 Å². The topological polar surface area (TPSA) is 293 Å². The van der Waals surface area contributed by atoms with Gasteiger partial charge in [-0.1, -0.05) is 0 Å². The molecule has 0 amide bonds. The minimum atomic E-state index is -5.79. The molecule has 0 radical (unpaired) electrons. The van der Waals surface area contributed by atoms with Crippen molar-refractivity contribution in [3.05, 3.63) is 24.2 Å². The third-order valence-corrected chi connectivity index (χ3v) is 8.86. The first-order chi connectivity index (χ1) is 16.0. The molecule has 1 fully saturated rings. The summed E-state index contributed by atoms with van der Waals surface area (Å²) in [6.45, 7) is 0.0850. The molecule has 3 unspecified atom stereocenters. The Morgan fingerprint density at radius 2 is 1.83 bits per heavy atom. The molecule has 1 saturated heterocycles. The Morgan fingerprint density at radius 3 is 2.40 bits per heavy atom. The molecule has 0 spiro atoms. The number of phosphoric ester groups is 1. The number of ether oxygens (including phenoxy) is 1. The van der Waals surface area contributed by atoms with E-state index in [1.807, 2.05) is 6.07 Å². The van der Waals surface area contributed by atoms with Crippen LogP contribution in [0.15, 0.2) is 18.5 Å². The number of aliphatic hydroxyl groups excluding tert-OH is 1. The van der Waals surface area contributed by atoms with Crippen LogP contribution in [0.3, 0.4) is 0 Å². The number of fused-ring (bicyclic) bond motifs is 1. The van der Waals surface area contributed by atoms with Crippen LogP contribution in [0.1, 0.15) is 12.6 Å². The van der Waals surface area contributed by atoms with Crippen LogP contribution in [0.5, 0.6) is 0 Å². The molecule has 3 rings (SSSR count). The number of anilines is 1. The van der Waals surface area contributed by atoms with Crippen molar-refractivity contribution >= 4 is 34.8 Å². The number of hydrogen-bond donors (Lipinski definition) is 6. The second-order valence-corrected chi connectivity index (χ2v) is 11.7. The van der Waals surface area contributed by atoms with E-state index >= 15 is 0 Å². The summed E-state index contributed by atoms with van der Waals surface area (Å²) in [5.74, 6) is 0.0285. The minimum Gasteiger partial charge on any atom is -0.388 e. The van der Waals surface area contributed by atoms with Crippen LogP contribution in [-0.2, 0) is 37.2 Å². The van der Waals surface area contributed by atoms with E-state index in [0.717, 1.165) is 10.8 Å². The van der Waals surface area contributed by atoms with Crippen LogP contribution in [0.4, 0.5) is 5.82 Å². The zero-order chi connectivity index (χ0) is 26.4. The van der Waals surface area contributed by atoms with Crippen LogP contribution in [0.2, 0.25) is 0 Å². The van der Waals surface area contributed by atoms with E-state index < -0.39 is 53.3 Å². The molecule has 1 aliphatic rings. The van der Waals surface area contributed by atoms with Gasteiger partial charge in [0.2, 0.25) is 5.60 Å². The maximum absolute atomic E-state index is 12.0. The van der Waals surface area contributed by atoms with Crippen LogP contribution in [0.25, 0.3) is 5.52 Å². The van der Waals surface area contributed by atoms with E-state index in [4.69, 9.17) is 20.3 Å². The first-order valence-electron chi connectivity index (χ1n) is 9.06. The van der Waals surface area contributed by atoms with Crippen molar-refractivity contribution in [1.29, 1.82) is 10.5 Å². The van der Waals surface area contributed by atoms with Gasteiger partial charge in [-0.15, -0.1) is 0 Å². The maximum Gasteiger partial charge on any atom is 0.490 e. The first-order valence-corrected chi connectivity index (χ1v) is 13.6. The lowest BCUT2D eigenvalue weighted by atomic mass is 9.71. The number of nitrogens with two attached hydrogens (primary N) is 1. The smallest absolute Gasteiger partial charge is 0.388 e. The summed E-state index contributed by atoms with van der Waals surface area (Å²) in [7, 11) is -17.0. The van der Waals surface area contributed by atoms with E-state index in [2.05, 4.69) is 23.2 Å². The minimum absolute atomic E-state index is 0.0285. The number of nitriles is 2. The predicted molar refractivity (Wildman–Crippen MR) is 109 cm³/mol. The molecule has 7 N–H and O–H groups in total. The Morgan fingerprint density at radius 1 is 1.17 bits per heavy atom. The Balaban J connectivity index is 1.91. The van der Waals surface area contributed by atoms with Crippen LogP contribution >= 0.6 is 23.5 Å². The fourth-order valence-electron chi connectivity index (χ4n) is 3.48. The van der Waals surface area contributed by atoms with Crippen molar-refractivity contribution in [2.75, 3.05) is 12.3 Å². The maximum atomic E-state index is 12.0. The van der Waals surface area contributed by atoms with Gasteiger partial charge in [-0.3, -0.25) is 4.52 Å². The van der Waals surface area contributed by atoms with Crippen LogP contribution in [0, 0.1) is 28.1 Å². The van der Waals surface area contributed by atoms with Gasteiger partial charge in [-0.05, 0) is 19.1 Å². The molecule has 0 aromatic carbocycles. The number of rotatable bonds is 8. The fourth-order valence-corrected chi connectivity index (χ4v) is 6.51. The van der Waals surface area contributed by atoms with E-state index in [1.165, 1.54) is 19.1 Å². The quantitative estimate of drug-likeness (QED) is 0.227. The molecule has 0 aliphatic carbocycles. The molecule has 2 aromatic rings. The molecule has 0 bridgehead atoms. The van der Waals surface area contributed by atoms with Gasteiger partial charge in [0.25, 0.3) is 0 Å². The highest BCUT2D eigenvalue weighted by atomic mass is 31.3. The first kappa shape index (κ1) is 27.3. The van der Waals surface area contributed by atoms with E-state index in [1.54, 1.807) is 6.07 Å². The van der Waals surface area contributed by atoms with Gasteiger partial charge >= 0.3 is 23.5 Å². The van der Waals surface area contributed by atoms with Crippen molar-refractivity contribution in [3.63, 3.8) is 0 Å². The zero-order valence-corrected chi connectivity index (χ0v) is 20.0. The second kappa shape index (κ2) is 8.99. The number of phosphoric acid groups is 3. The molecule has 190 valence electrons. The lowest BCUT2D eigenvalue weighted by Crippen LogP contribution is -2.45. The zero-order valence-electron chi connectivity index (χ0n) is 17.3. The van der Waals surface area contributed by atoms with Crippen molar-refractivity contribution in [1.82, 2.24) is 14.6 Å². The molecule has 35 heavy (non-hydrogen) atoms. The lowest BCUT2D eigenvalue weighted by Gasteiger charge is -2.31. The number of aliphatic hydroxyl groups is 1. The molecule has 18 nitrogen and oxygen atoms in total. The Bertz CT molecular complexity index is 1380. The Hall–Kier alpha value is -2.27. The van der Waals surface area contributed by atoms with Gasteiger partial charge in [0.15, 0.2) is 5.82 Å². The number of aromatic nitrogens is 3. The highest BCUT2D eigenvalue weighted by Gasteiger charge is 2.67. The lowest BCUT2D eigenvalue weighted by molar-refractivity contribution is -0.0574. The largest absolute Gasteiger partial charge is 0.490 e.